The lowest BCUT2D eigenvalue weighted by atomic mass is 9.82. The number of alkyl halides is 6. The zero-order valence-electron chi connectivity index (χ0n) is 15.0. The number of carbonyl (C=O) groups is 1. The van der Waals surface area contributed by atoms with Crippen LogP contribution in [0.15, 0.2) is 39.3 Å². The van der Waals surface area contributed by atoms with Gasteiger partial charge in [0.1, 0.15) is 0 Å². The van der Waals surface area contributed by atoms with Crippen molar-refractivity contribution in [2.24, 2.45) is 5.92 Å². The number of benzene rings is 2. The zero-order valence-corrected chi connectivity index (χ0v) is 18.9. The van der Waals surface area contributed by atoms with E-state index in [-0.39, 0.29) is 31.5 Å². The predicted molar refractivity (Wildman–Crippen MR) is 107 cm³/mol. The van der Waals surface area contributed by atoms with E-state index in [9.17, 15) is 31.1 Å². The molecule has 2 rings (SSSR count). The van der Waals surface area contributed by atoms with Gasteiger partial charge in [-0.25, -0.2) is 4.79 Å². The van der Waals surface area contributed by atoms with E-state index in [0.29, 0.717) is 6.07 Å². The lowest BCUT2D eigenvalue weighted by Crippen LogP contribution is -2.28. The molecule has 164 valence electrons. The fraction of sp³-hybridized carbons (Fsp3) is 0.316. The van der Waals surface area contributed by atoms with Crippen molar-refractivity contribution in [3.05, 3.63) is 66.6 Å². The smallest absolute Gasteiger partial charge is 0.417 e. The second kappa shape index (κ2) is 9.08. The van der Waals surface area contributed by atoms with Gasteiger partial charge in [-0.15, -0.1) is 0 Å². The average molecular weight is 583 g/mol. The standard InChI is InChI=1S/C19H13Br2ClF6O2/c1-8(4-9-2-3-11(17(29)30)12(5-9)18(23,24)25)15(19(26,27)28)10-6-13(20)16(22)14(21)7-10/h2-3,5-8,15H,4H2,1H3,(H,29,30). The summed E-state index contributed by atoms with van der Waals surface area (Å²) in [7, 11) is 0. The molecule has 0 amide bonds. The van der Waals surface area contributed by atoms with Crippen LogP contribution in [0.1, 0.15) is 39.9 Å². The van der Waals surface area contributed by atoms with Crippen LogP contribution in [0.5, 0.6) is 0 Å². The number of aromatic carboxylic acids is 1. The van der Waals surface area contributed by atoms with Crippen LogP contribution in [-0.2, 0) is 12.6 Å². The topological polar surface area (TPSA) is 37.3 Å². The molecular formula is C19H13Br2ClF6O2. The zero-order chi connectivity index (χ0) is 23.0. The Hall–Kier alpha value is -1.26. The molecule has 0 bridgehead atoms. The molecule has 0 saturated heterocycles. The van der Waals surface area contributed by atoms with Gasteiger partial charge < -0.3 is 5.11 Å². The molecule has 2 nitrogen and oxygen atoms in total. The Labute approximate surface area is 189 Å². The fourth-order valence-corrected chi connectivity index (χ4v) is 4.55. The summed E-state index contributed by atoms with van der Waals surface area (Å²) >= 11 is 12.1. The molecule has 30 heavy (non-hydrogen) atoms. The van der Waals surface area contributed by atoms with E-state index in [2.05, 4.69) is 31.9 Å². The van der Waals surface area contributed by atoms with Crippen molar-refractivity contribution in [3.8, 4) is 0 Å². The summed E-state index contributed by atoms with van der Waals surface area (Å²) in [4.78, 5) is 11.0. The van der Waals surface area contributed by atoms with Gasteiger partial charge in [-0.05, 0) is 79.6 Å². The van der Waals surface area contributed by atoms with Gasteiger partial charge in [0.2, 0.25) is 0 Å². The SMILES string of the molecule is CC(Cc1ccc(C(=O)O)c(C(F)(F)F)c1)C(c1cc(Br)c(Cl)c(Br)c1)C(F)(F)F. The highest BCUT2D eigenvalue weighted by atomic mass is 79.9. The number of halogens is 9. The van der Waals surface area contributed by atoms with E-state index in [1.54, 1.807) is 0 Å². The molecule has 2 atom stereocenters. The maximum Gasteiger partial charge on any atom is 0.417 e. The number of hydrogen-bond donors (Lipinski definition) is 1. The second-order valence-corrected chi connectivity index (χ2v) is 8.77. The van der Waals surface area contributed by atoms with Crippen molar-refractivity contribution in [3.63, 3.8) is 0 Å². The van der Waals surface area contributed by atoms with Gasteiger partial charge in [0.05, 0.1) is 22.1 Å². The number of rotatable bonds is 5. The van der Waals surface area contributed by atoms with Crippen molar-refractivity contribution in [2.45, 2.75) is 31.6 Å². The van der Waals surface area contributed by atoms with E-state index in [1.807, 2.05) is 0 Å². The Bertz CT molecular complexity index is 936. The van der Waals surface area contributed by atoms with Crippen molar-refractivity contribution in [2.75, 3.05) is 0 Å². The van der Waals surface area contributed by atoms with Gasteiger partial charge in [0, 0.05) is 8.95 Å². The van der Waals surface area contributed by atoms with E-state index in [4.69, 9.17) is 16.7 Å². The molecule has 0 aliphatic carbocycles. The lowest BCUT2D eigenvalue weighted by Gasteiger charge is -2.28. The average Bonchev–Trinajstić information content (AvgIpc) is 2.57. The van der Waals surface area contributed by atoms with Crippen LogP contribution in [0.25, 0.3) is 0 Å². The highest BCUT2D eigenvalue weighted by Gasteiger charge is 2.44. The van der Waals surface area contributed by atoms with Crippen LogP contribution in [0.4, 0.5) is 26.3 Å². The molecule has 0 aliphatic rings. The summed E-state index contributed by atoms with van der Waals surface area (Å²) < 4.78 is 81.6. The van der Waals surface area contributed by atoms with Crippen molar-refractivity contribution < 1.29 is 36.2 Å². The summed E-state index contributed by atoms with van der Waals surface area (Å²) in [6, 6.07) is 4.87. The van der Waals surface area contributed by atoms with Crippen molar-refractivity contribution >= 4 is 49.4 Å². The first-order valence-electron chi connectivity index (χ1n) is 8.27. The van der Waals surface area contributed by atoms with Gasteiger partial charge >= 0.3 is 18.3 Å². The third-order valence-corrected chi connectivity index (χ3v) is 6.58. The molecule has 0 aromatic heterocycles. The first kappa shape index (κ1) is 25.0. The summed E-state index contributed by atoms with van der Waals surface area (Å²) in [6.07, 6.45) is -9.99. The van der Waals surface area contributed by atoms with Crippen LogP contribution in [0.3, 0.4) is 0 Å². The lowest BCUT2D eigenvalue weighted by molar-refractivity contribution is -0.161. The van der Waals surface area contributed by atoms with Crippen molar-refractivity contribution in [1.29, 1.82) is 0 Å². The van der Waals surface area contributed by atoms with E-state index >= 15 is 0 Å². The van der Waals surface area contributed by atoms with Crippen LogP contribution < -0.4 is 0 Å². The Morgan fingerprint density at radius 2 is 1.60 bits per heavy atom. The maximum absolute atomic E-state index is 13.8. The van der Waals surface area contributed by atoms with E-state index in [0.717, 1.165) is 12.1 Å². The first-order valence-corrected chi connectivity index (χ1v) is 10.2. The van der Waals surface area contributed by atoms with E-state index in [1.165, 1.54) is 19.1 Å². The summed E-state index contributed by atoms with van der Waals surface area (Å²) in [6.45, 7) is 1.27. The van der Waals surface area contributed by atoms with Gasteiger partial charge in [-0.3, -0.25) is 0 Å². The quantitative estimate of drug-likeness (QED) is 0.286. The van der Waals surface area contributed by atoms with Gasteiger partial charge in [-0.2, -0.15) is 26.3 Å². The summed E-state index contributed by atoms with van der Waals surface area (Å²) in [5, 5.41) is 9.14. The monoisotopic (exact) mass is 580 g/mol. The van der Waals surface area contributed by atoms with E-state index < -0.39 is 41.3 Å². The molecular weight excluding hydrogens is 569 g/mol. The molecule has 0 heterocycles. The van der Waals surface area contributed by atoms with Crippen LogP contribution in [0.2, 0.25) is 5.02 Å². The largest absolute Gasteiger partial charge is 0.478 e. The minimum absolute atomic E-state index is 0.0545. The Balaban J connectivity index is 2.47. The maximum atomic E-state index is 13.8. The second-order valence-electron chi connectivity index (χ2n) is 6.68. The highest BCUT2D eigenvalue weighted by molar-refractivity contribution is 9.11. The number of carboxylic acid groups (broad SMARTS) is 1. The highest BCUT2D eigenvalue weighted by Crippen LogP contribution is 2.45. The van der Waals surface area contributed by atoms with Gasteiger partial charge in [0.15, 0.2) is 0 Å². The third kappa shape index (κ3) is 5.70. The van der Waals surface area contributed by atoms with Crippen LogP contribution in [-0.4, -0.2) is 17.3 Å². The minimum Gasteiger partial charge on any atom is -0.478 e. The molecule has 11 heteroatoms. The summed E-state index contributed by atoms with van der Waals surface area (Å²) in [5.41, 5.74) is -2.53. The minimum atomic E-state index is -4.96. The number of hydrogen-bond acceptors (Lipinski definition) is 1. The molecule has 0 saturated carbocycles. The molecule has 0 fully saturated rings. The van der Waals surface area contributed by atoms with Gasteiger partial charge in [-0.1, -0.05) is 24.6 Å². The molecule has 2 aromatic rings. The predicted octanol–water partition coefficient (Wildman–Crippen LogP) is 8.11. The molecule has 0 radical (unpaired) electrons. The molecule has 2 unspecified atom stereocenters. The first-order chi connectivity index (χ1) is 13.6. The van der Waals surface area contributed by atoms with Gasteiger partial charge in [0.25, 0.3) is 0 Å². The molecule has 0 spiro atoms. The fourth-order valence-electron chi connectivity index (χ4n) is 3.22. The van der Waals surface area contributed by atoms with Crippen LogP contribution >= 0.6 is 43.5 Å². The van der Waals surface area contributed by atoms with Crippen molar-refractivity contribution in [1.82, 2.24) is 0 Å². The molecule has 1 N–H and O–H groups in total. The summed E-state index contributed by atoms with van der Waals surface area (Å²) in [5.74, 6) is -4.91. The Kier molecular flexibility index (Phi) is 7.57. The third-order valence-electron chi connectivity index (χ3n) is 4.46. The Morgan fingerprint density at radius 1 is 1.07 bits per heavy atom. The van der Waals surface area contributed by atoms with Crippen LogP contribution in [0, 0.1) is 5.92 Å². The normalized spacial score (nSPS) is 14.5. The number of carboxylic acids is 1. The molecule has 0 aliphatic heterocycles. The Morgan fingerprint density at radius 3 is 2.03 bits per heavy atom. The molecule has 2 aromatic carbocycles.